The SMILES string of the molecule is COc1cccc2c1C1(CCN(C(=O)c3sccc3C)CC1)OCC2. The van der Waals surface area contributed by atoms with Crippen LogP contribution < -0.4 is 4.74 Å². The smallest absolute Gasteiger partial charge is 0.264 e. The first-order valence-corrected chi connectivity index (χ1v) is 9.66. The quantitative estimate of drug-likeness (QED) is 0.821. The summed E-state index contributed by atoms with van der Waals surface area (Å²) in [5.41, 5.74) is 3.26. The zero-order valence-corrected chi connectivity index (χ0v) is 15.5. The lowest BCUT2D eigenvalue weighted by Crippen LogP contribution is -2.48. The molecule has 0 N–H and O–H groups in total. The Morgan fingerprint density at radius 2 is 2.08 bits per heavy atom. The fraction of sp³-hybridized carbons (Fsp3) is 0.450. The molecule has 25 heavy (non-hydrogen) atoms. The van der Waals surface area contributed by atoms with E-state index in [0.29, 0.717) is 13.1 Å². The number of fused-ring (bicyclic) bond motifs is 2. The van der Waals surface area contributed by atoms with Crippen molar-refractivity contribution in [2.45, 2.75) is 31.8 Å². The molecule has 1 aromatic carbocycles. The summed E-state index contributed by atoms with van der Waals surface area (Å²) >= 11 is 1.53. The van der Waals surface area contributed by atoms with Crippen LogP contribution in [0.3, 0.4) is 0 Å². The third-order valence-electron chi connectivity index (χ3n) is 5.45. The van der Waals surface area contributed by atoms with E-state index in [1.54, 1.807) is 7.11 Å². The first-order valence-electron chi connectivity index (χ1n) is 8.78. The van der Waals surface area contributed by atoms with E-state index in [0.717, 1.165) is 42.1 Å². The number of aryl methyl sites for hydroxylation is 1. The molecular weight excluding hydrogens is 334 g/mol. The number of carbonyl (C=O) groups is 1. The lowest BCUT2D eigenvalue weighted by atomic mass is 9.78. The minimum atomic E-state index is -0.318. The summed E-state index contributed by atoms with van der Waals surface area (Å²) in [6, 6.07) is 8.25. The van der Waals surface area contributed by atoms with E-state index in [-0.39, 0.29) is 11.5 Å². The topological polar surface area (TPSA) is 38.8 Å². The molecule has 1 spiro atoms. The highest BCUT2D eigenvalue weighted by Gasteiger charge is 2.43. The van der Waals surface area contributed by atoms with E-state index >= 15 is 0 Å². The normalized spacial score (nSPS) is 18.9. The van der Waals surface area contributed by atoms with Crippen LogP contribution in [0.4, 0.5) is 0 Å². The van der Waals surface area contributed by atoms with E-state index < -0.39 is 0 Å². The van der Waals surface area contributed by atoms with Crippen LogP contribution in [0.2, 0.25) is 0 Å². The van der Waals surface area contributed by atoms with E-state index in [1.807, 2.05) is 29.3 Å². The fourth-order valence-electron chi connectivity index (χ4n) is 4.10. The summed E-state index contributed by atoms with van der Waals surface area (Å²) in [5, 5.41) is 1.99. The van der Waals surface area contributed by atoms with Crippen LogP contribution in [0.25, 0.3) is 0 Å². The standard InChI is InChI=1S/C20H23NO3S/c1-14-7-13-25-18(14)19(22)21-10-8-20(9-11-21)17-15(6-12-24-20)4-3-5-16(17)23-2/h3-5,7,13H,6,8-12H2,1-2H3. The molecule has 1 fully saturated rings. The molecule has 0 atom stereocenters. The third-order valence-corrected chi connectivity index (χ3v) is 6.46. The Morgan fingerprint density at radius 1 is 1.28 bits per heavy atom. The molecular formula is C20H23NO3S. The van der Waals surface area contributed by atoms with Crippen LogP contribution >= 0.6 is 11.3 Å². The lowest BCUT2D eigenvalue weighted by molar-refractivity contribution is -0.0946. The molecule has 2 aliphatic rings. The number of amides is 1. The third kappa shape index (κ3) is 2.75. The first kappa shape index (κ1) is 16.6. The highest BCUT2D eigenvalue weighted by atomic mass is 32.1. The summed E-state index contributed by atoms with van der Waals surface area (Å²) in [6.07, 6.45) is 2.55. The zero-order chi connectivity index (χ0) is 17.4. The van der Waals surface area contributed by atoms with Crippen molar-refractivity contribution in [1.29, 1.82) is 0 Å². The van der Waals surface area contributed by atoms with Crippen molar-refractivity contribution in [3.8, 4) is 5.75 Å². The van der Waals surface area contributed by atoms with Crippen LogP contribution in [0.5, 0.6) is 5.75 Å². The number of rotatable bonds is 2. The van der Waals surface area contributed by atoms with Gasteiger partial charge < -0.3 is 14.4 Å². The van der Waals surface area contributed by atoms with Gasteiger partial charge in [-0.05, 0) is 54.8 Å². The molecule has 1 amide bonds. The van der Waals surface area contributed by atoms with Gasteiger partial charge in [0.25, 0.3) is 5.91 Å². The van der Waals surface area contributed by atoms with Crippen molar-refractivity contribution < 1.29 is 14.3 Å². The molecule has 1 saturated heterocycles. The van der Waals surface area contributed by atoms with Gasteiger partial charge in [-0.25, -0.2) is 0 Å². The largest absolute Gasteiger partial charge is 0.496 e. The number of carbonyl (C=O) groups excluding carboxylic acids is 1. The minimum absolute atomic E-state index is 0.151. The highest BCUT2D eigenvalue weighted by Crippen LogP contribution is 2.46. The average Bonchev–Trinajstić information content (AvgIpc) is 3.07. The molecule has 0 saturated carbocycles. The Bertz CT molecular complexity index is 776. The summed E-state index contributed by atoms with van der Waals surface area (Å²) in [4.78, 5) is 15.6. The molecule has 3 heterocycles. The molecule has 0 bridgehead atoms. The van der Waals surface area contributed by atoms with Gasteiger partial charge in [0, 0.05) is 18.7 Å². The molecule has 0 aliphatic carbocycles. The number of methoxy groups -OCH3 is 1. The maximum absolute atomic E-state index is 12.8. The predicted molar refractivity (Wildman–Crippen MR) is 98.5 cm³/mol. The van der Waals surface area contributed by atoms with E-state index in [4.69, 9.17) is 9.47 Å². The lowest BCUT2D eigenvalue weighted by Gasteiger charge is -2.45. The zero-order valence-electron chi connectivity index (χ0n) is 14.7. The second-order valence-corrected chi connectivity index (χ2v) is 7.73. The second-order valence-electron chi connectivity index (χ2n) is 6.81. The van der Waals surface area contributed by atoms with E-state index in [9.17, 15) is 4.79 Å². The van der Waals surface area contributed by atoms with E-state index in [1.165, 1.54) is 22.5 Å². The molecule has 5 heteroatoms. The maximum atomic E-state index is 12.8. The van der Waals surface area contributed by atoms with Crippen molar-refractivity contribution >= 4 is 17.2 Å². The summed E-state index contributed by atoms with van der Waals surface area (Å²) < 4.78 is 11.9. The number of thiophene rings is 1. The van der Waals surface area contributed by atoms with Gasteiger partial charge >= 0.3 is 0 Å². The molecule has 0 unspecified atom stereocenters. The molecule has 1 aromatic heterocycles. The number of hydrogen-bond acceptors (Lipinski definition) is 4. The van der Waals surface area contributed by atoms with Crippen molar-refractivity contribution in [3.05, 3.63) is 51.2 Å². The molecule has 2 aliphatic heterocycles. The van der Waals surface area contributed by atoms with Crippen LogP contribution in [-0.4, -0.2) is 37.6 Å². The van der Waals surface area contributed by atoms with Gasteiger partial charge in [0.2, 0.25) is 0 Å². The molecule has 4 nitrogen and oxygen atoms in total. The van der Waals surface area contributed by atoms with Gasteiger partial charge in [-0.2, -0.15) is 0 Å². The van der Waals surface area contributed by atoms with Gasteiger partial charge in [0.05, 0.1) is 18.6 Å². The fourth-order valence-corrected chi connectivity index (χ4v) is 4.99. The Hall–Kier alpha value is -1.85. The summed E-state index contributed by atoms with van der Waals surface area (Å²) in [5.74, 6) is 1.06. The highest BCUT2D eigenvalue weighted by molar-refractivity contribution is 7.12. The number of benzene rings is 1. The number of hydrogen-bond donors (Lipinski definition) is 0. The molecule has 132 valence electrons. The van der Waals surface area contributed by atoms with Gasteiger partial charge in [0.15, 0.2) is 0 Å². The van der Waals surface area contributed by atoms with Crippen LogP contribution in [0.15, 0.2) is 29.6 Å². The van der Waals surface area contributed by atoms with Gasteiger partial charge in [-0.15, -0.1) is 11.3 Å². The van der Waals surface area contributed by atoms with Crippen molar-refractivity contribution in [1.82, 2.24) is 4.90 Å². The summed E-state index contributed by atoms with van der Waals surface area (Å²) in [6.45, 7) is 4.17. The molecule has 0 radical (unpaired) electrons. The maximum Gasteiger partial charge on any atom is 0.264 e. The number of nitrogens with zero attached hydrogens (tertiary/aromatic N) is 1. The van der Waals surface area contributed by atoms with Gasteiger partial charge in [-0.3, -0.25) is 4.79 Å². The number of likely N-dealkylation sites (tertiary alicyclic amines) is 1. The van der Waals surface area contributed by atoms with Gasteiger partial charge in [-0.1, -0.05) is 12.1 Å². The predicted octanol–water partition coefficient (Wildman–Crippen LogP) is 3.77. The molecule has 4 rings (SSSR count). The Morgan fingerprint density at radius 3 is 2.76 bits per heavy atom. The summed E-state index contributed by atoms with van der Waals surface area (Å²) in [7, 11) is 1.72. The van der Waals surface area contributed by atoms with E-state index in [2.05, 4.69) is 12.1 Å². The minimum Gasteiger partial charge on any atom is -0.496 e. The second kappa shape index (κ2) is 6.46. The number of ether oxygens (including phenoxy) is 2. The Kier molecular flexibility index (Phi) is 4.29. The van der Waals surface area contributed by atoms with Crippen LogP contribution in [-0.2, 0) is 16.8 Å². The molecule has 2 aromatic rings. The van der Waals surface area contributed by atoms with Crippen molar-refractivity contribution in [2.24, 2.45) is 0 Å². The van der Waals surface area contributed by atoms with Gasteiger partial charge in [0.1, 0.15) is 11.4 Å². The van der Waals surface area contributed by atoms with Crippen LogP contribution in [0.1, 0.15) is 39.2 Å². The Balaban J connectivity index is 1.59. The first-order chi connectivity index (χ1) is 12.1. The Labute approximate surface area is 152 Å². The van der Waals surface area contributed by atoms with Crippen molar-refractivity contribution in [2.75, 3.05) is 26.8 Å². The number of piperidine rings is 1. The average molecular weight is 357 g/mol. The van der Waals surface area contributed by atoms with Crippen molar-refractivity contribution in [3.63, 3.8) is 0 Å². The monoisotopic (exact) mass is 357 g/mol. The van der Waals surface area contributed by atoms with Crippen LogP contribution in [0, 0.1) is 6.92 Å².